The summed E-state index contributed by atoms with van der Waals surface area (Å²) in [4.78, 5) is 18.3. The molecule has 0 N–H and O–H groups in total. The third kappa shape index (κ3) is 3.91. The van der Waals surface area contributed by atoms with Crippen molar-refractivity contribution in [3.8, 4) is 11.5 Å². The first-order valence-corrected chi connectivity index (χ1v) is 12.1. The first-order chi connectivity index (χ1) is 16.2. The molecule has 6 nitrogen and oxygen atoms in total. The summed E-state index contributed by atoms with van der Waals surface area (Å²) in [5.41, 5.74) is 4.97. The van der Waals surface area contributed by atoms with Crippen LogP contribution in [0.5, 0.6) is 11.5 Å². The van der Waals surface area contributed by atoms with E-state index in [0.717, 1.165) is 69.0 Å². The highest BCUT2D eigenvalue weighted by Crippen LogP contribution is 2.35. The molecule has 3 aliphatic rings. The van der Waals surface area contributed by atoms with E-state index in [0.29, 0.717) is 19.3 Å². The molecular weight excluding hydrogens is 414 g/mol. The molecule has 1 atom stereocenters. The van der Waals surface area contributed by atoms with Gasteiger partial charge in [0.15, 0.2) is 11.5 Å². The van der Waals surface area contributed by atoms with Gasteiger partial charge in [0.2, 0.25) is 12.7 Å². The Morgan fingerprint density at radius 1 is 1.00 bits per heavy atom. The molecule has 3 heterocycles. The van der Waals surface area contributed by atoms with Gasteiger partial charge in [-0.25, -0.2) is 0 Å². The standard InChI is InChI=1S/C27H31N3O3/c1-19-6-8-24-22(14-19)21-4-2-3-5-23(21)30(24)27(31)17-29-12-10-28(11-13-29)16-20-7-9-25-26(15-20)33-18-32-25/h2-5,7,9,15,19H,6,8,10-14,16-18H2,1H3/t19-/m0/s1. The van der Waals surface area contributed by atoms with Gasteiger partial charge in [0.1, 0.15) is 0 Å². The first kappa shape index (κ1) is 20.8. The Kier molecular flexibility index (Phi) is 5.35. The van der Waals surface area contributed by atoms with Crippen molar-refractivity contribution in [1.29, 1.82) is 0 Å². The smallest absolute Gasteiger partial charge is 0.245 e. The second-order valence-corrected chi connectivity index (χ2v) is 9.76. The molecule has 0 spiro atoms. The number of hydrogen-bond donors (Lipinski definition) is 0. The van der Waals surface area contributed by atoms with E-state index >= 15 is 0 Å². The molecule has 1 saturated heterocycles. The third-order valence-electron chi connectivity index (χ3n) is 7.43. The minimum absolute atomic E-state index is 0.214. The maximum atomic E-state index is 13.5. The number of para-hydroxylation sites is 1. The zero-order chi connectivity index (χ0) is 22.4. The van der Waals surface area contributed by atoms with Gasteiger partial charge in [-0.2, -0.15) is 0 Å². The Morgan fingerprint density at radius 2 is 1.79 bits per heavy atom. The third-order valence-corrected chi connectivity index (χ3v) is 7.43. The molecule has 1 aromatic heterocycles. The van der Waals surface area contributed by atoms with Crippen LogP contribution in [0.15, 0.2) is 42.5 Å². The van der Waals surface area contributed by atoms with Crippen LogP contribution in [0, 0.1) is 5.92 Å². The van der Waals surface area contributed by atoms with Crippen LogP contribution < -0.4 is 9.47 Å². The van der Waals surface area contributed by atoms with Crippen LogP contribution in [0.4, 0.5) is 0 Å². The summed E-state index contributed by atoms with van der Waals surface area (Å²) >= 11 is 0. The number of aromatic nitrogens is 1. The minimum atomic E-state index is 0.214. The average molecular weight is 446 g/mol. The van der Waals surface area contributed by atoms with E-state index in [1.165, 1.54) is 22.2 Å². The highest BCUT2D eigenvalue weighted by atomic mass is 16.7. The van der Waals surface area contributed by atoms with Crippen molar-refractivity contribution in [2.75, 3.05) is 39.5 Å². The number of benzene rings is 2. The largest absolute Gasteiger partial charge is 0.454 e. The average Bonchev–Trinajstić information content (AvgIpc) is 3.42. The molecule has 33 heavy (non-hydrogen) atoms. The lowest BCUT2D eigenvalue weighted by atomic mass is 9.88. The van der Waals surface area contributed by atoms with Gasteiger partial charge in [-0.15, -0.1) is 0 Å². The number of fused-ring (bicyclic) bond motifs is 4. The topological polar surface area (TPSA) is 46.9 Å². The SMILES string of the molecule is C[C@H]1CCc2c(c3ccccc3n2C(=O)CN2CCN(Cc3ccc4c(c3)OCO4)CC2)C1. The van der Waals surface area contributed by atoms with E-state index in [2.05, 4.69) is 53.1 Å². The van der Waals surface area contributed by atoms with Gasteiger partial charge in [-0.3, -0.25) is 19.2 Å². The number of piperazine rings is 1. The van der Waals surface area contributed by atoms with Gasteiger partial charge in [0, 0.05) is 43.8 Å². The predicted molar refractivity (Wildman–Crippen MR) is 128 cm³/mol. The van der Waals surface area contributed by atoms with E-state index in [1.807, 2.05) is 10.6 Å². The fourth-order valence-electron chi connectivity index (χ4n) is 5.63. The quantitative estimate of drug-likeness (QED) is 0.609. The molecule has 1 fully saturated rings. The molecule has 6 heteroatoms. The maximum absolute atomic E-state index is 13.5. The Hall–Kier alpha value is -2.83. The van der Waals surface area contributed by atoms with E-state index in [4.69, 9.17) is 9.47 Å². The molecule has 0 amide bonds. The monoisotopic (exact) mass is 445 g/mol. The Morgan fingerprint density at radius 3 is 2.67 bits per heavy atom. The molecule has 172 valence electrons. The number of ether oxygens (including phenoxy) is 2. The summed E-state index contributed by atoms with van der Waals surface area (Å²) in [5.74, 6) is 2.57. The van der Waals surface area contributed by atoms with E-state index in [9.17, 15) is 4.79 Å². The highest BCUT2D eigenvalue weighted by molar-refractivity contribution is 5.97. The molecule has 2 aromatic carbocycles. The van der Waals surface area contributed by atoms with Crippen LogP contribution in [0.25, 0.3) is 10.9 Å². The summed E-state index contributed by atoms with van der Waals surface area (Å²) in [6.45, 7) is 7.76. The van der Waals surface area contributed by atoms with Crippen LogP contribution in [0.2, 0.25) is 0 Å². The second kappa shape index (κ2) is 8.50. The lowest BCUT2D eigenvalue weighted by Crippen LogP contribution is -2.48. The molecule has 0 saturated carbocycles. The van der Waals surface area contributed by atoms with Crippen molar-refractivity contribution >= 4 is 16.8 Å². The molecule has 0 bridgehead atoms. The normalized spacial score (nSPS) is 20.8. The van der Waals surface area contributed by atoms with Crippen molar-refractivity contribution < 1.29 is 14.3 Å². The Labute approximate surface area is 194 Å². The maximum Gasteiger partial charge on any atom is 0.245 e. The van der Waals surface area contributed by atoms with Gasteiger partial charge in [-0.05, 0) is 54.5 Å². The number of hydrogen-bond acceptors (Lipinski definition) is 5. The zero-order valence-electron chi connectivity index (χ0n) is 19.3. The number of carbonyl (C=O) groups excluding carboxylic acids is 1. The Bertz CT molecular complexity index is 1190. The number of carbonyl (C=O) groups is 1. The minimum Gasteiger partial charge on any atom is -0.454 e. The molecule has 6 rings (SSSR count). The number of nitrogens with zero attached hydrogens (tertiary/aromatic N) is 3. The first-order valence-electron chi connectivity index (χ1n) is 12.1. The fourth-order valence-corrected chi connectivity index (χ4v) is 5.63. The molecule has 2 aliphatic heterocycles. The Balaban J connectivity index is 1.12. The van der Waals surface area contributed by atoms with E-state index in [-0.39, 0.29) is 5.91 Å². The van der Waals surface area contributed by atoms with Gasteiger partial charge in [-0.1, -0.05) is 31.2 Å². The zero-order valence-corrected chi connectivity index (χ0v) is 19.3. The van der Waals surface area contributed by atoms with Crippen molar-refractivity contribution in [3.63, 3.8) is 0 Å². The summed E-state index contributed by atoms with van der Waals surface area (Å²) in [6, 6.07) is 14.6. The summed E-state index contributed by atoms with van der Waals surface area (Å²) in [6.07, 6.45) is 3.24. The predicted octanol–water partition coefficient (Wildman–Crippen LogP) is 3.95. The van der Waals surface area contributed by atoms with Crippen LogP contribution in [0.1, 0.15) is 35.0 Å². The van der Waals surface area contributed by atoms with Crippen LogP contribution in [0.3, 0.4) is 0 Å². The van der Waals surface area contributed by atoms with Crippen LogP contribution in [-0.4, -0.2) is 59.8 Å². The lowest BCUT2D eigenvalue weighted by molar-refractivity contribution is 0.0768. The highest BCUT2D eigenvalue weighted by Gasteiger charge is 2.27. The summed E-state index contributed by atoms with van der Waals surface area (Å²) in [7, 11) is 0. The number of rotatable bonds is 4. The van der Waals surface area contributed by atoms with Crippen molar-refractivity contribution in [2.24, 2.45) is 5.92 Å². The summed E-state index contributed by atoms with van der Waals surface area (Å²) < 4.78 is 13.0. The van der Waals surface area contributed by atoms with Crippen molar-refractivity contribution in [2.45, 2.75) is 32.7 Å². The summed E-state index contributed by atoms with van der Waals surface area (Å²) in [5, 5.41) is 1.26. The van der Waals surface area contributed by atoms with Crippen LogP contribution >= 0.6 is 0 Å². The lowest BCUT2D eigenvalue weighted by Gasteiger charge is -2.34. The molecule has 3 aromatic rings. The second-order valence-electron chi connectivity index (χ2n) is 9.76. The molecule has 0 unspecified atom stereocenters. The van der Waals surface area contributed by atoms with Gasteiger partial charge < -0.3 is 9.47 Å². The van der Waals surface area contributed by atoms with Crippen molar-refractivity contribution in [1.82, 2.24) is 14.4 Å². The van der Waals surface area contributed by atoms with Gasteiger partial charge >= 0.3 is 0 Å². The molecular formula is C27H31N3O3. The van der Waals surface area contributed by atoms with Crippen molar-refractivity contribution in [3.05, 3.63) is 59.3 Å². The van der Waals surface area contributed by atoms with Gasteiger partial charge in [0.25, 0.3) is 0 Å². The van der Waals surface area contributed by atoms with E-state index in [1.54, 1.807) is 0 Å². The fraction of sp³-hybridized carbons (Fsp3) is 0.444. The van der Waals surface area contributed by atoms with Crippen LogP contribution in [-0.2, 0) is 19.4 Å². The molecule has 0 radical (unpaired) electrons. The molecule has 1 aliphatic carbocycles. The van der Waals surface area contributed by atoms with E-state index < -0.39 is 0 Å². The van der Waals surface area contributed by atoms with Gasteiger partial charge in [0.05, 0.1) is 12.1 Å².